The highest BCUT2D eigenvalue weighted by molar-refractivity contribution is 14.0. The molecule has 0 saturated heterocycles. The van der Waals surface area contributed by atoms with Gasteiger partial charge in [-0.15, -0.1) is 24.0 Å². The average Bonchev–Trinajstić information content (AvgIpc) is 3.19. The van der Waals surface area contributed by atoms with Gasteiger partial charge in [-0.3, -0.25) is 9.67 Å². The van der Waals surface area contributed by atoms with Gasteiger partial charge in [-0.25, -0.2) is 0 Å². The van der Waals surface area contributed by atoms with Crippen molar-refractivity contribution >= 4 is 29.9 Å². The first-order valence-electron chi connectivity index (χ1n) is 10.4. The van der Waals surface area contributed by atoms with Crippen molar-refractivity contribution in [2.75, 3.05) is 26.8 Å². The summed E-state index contributed by atoms with van der Waals surface area (Å²) >= 11 is 0. The molecule has 0 aliphatic heterocycles. The number of aryl methyl sites for hydroxylation is 2. The van der Waals surface area contributed by atoms with E-state index in [0.29, 0.717) is 11.5 Å². The van der Waals surface area contributed by atoms with Crippen molar-refractivity contribution in [1.82, 2.24) is 20.4 Å². The quantitative estimate of drug-likeness (QED) is 0.305. The summed E-state index contributed by atoms with van der Waals surface area (Å²) in [4.78, 5) is 4.97. The zero-order valence-corrected chi connectivity index (χ0v) is 20.9. The van der Waals surface area contributed by atoms with Crippen molar-refractivity contribution in [2.24, 2.45) is 17.5 Å². The van der Waals surface area contributed by atoms with Gasteiger partial charge in [-0.1, -0.05) is 12.8 Å². The van der Waals surface area contributed by atoms with Crippen LogP contribution in [0.3, 0.4) is 0 Å². The van der Waals surface area contributed by atoms with Gasteiger partial charge in [0.15, 0.2) is 5.96 Å². The van der Waals surface area contributed by atoms with E-state index >= 15 is 0 Å². The largest absolute Gasteiger partial charge is 0.385 e. The Morgan fingerprint density at radius 1 is 1.32 bits per heavy atom. The van der Waals surface area contributed by atoms with Crippen molar-refractivity contribution in [3.63, 3.8) is 0 Å². The first-order valence-corrected chi connectivity index (χ1v) is 10.4. The molecule has 162 valence electrons. The van der Waals surface area contributed by atoms with E-state index in [1.807, 2.05) is 11.7 Å². The zero-order chi connectivity index (χ0) is 19.9. The van der Waals surface area contributed by atoms with Crippen molar-refractivity contribution in [2.45, 2.75) is 72.3 Å². The second-order valence-corrected chi connectivity index (χ2v) is 8.17. The van der Waals surface area contributed by atoms with Crippen LogP contribution < -0.4 is 10.6 Å². The molecule has 0 aromatic carbocycles. The number of nitrogens with zero attached hydrogens (tertiary/aromatic N) is 3. The van der Waals surface area contributed by atoms with E-state index in [9.17, 15) is 0 Å². The lowest BCUT2D eigenvalue weighted by atomic mass is 9.83. The van der Waals surface area contributed by atoms with E-state index in [0.717, 1.165) is 44.2 Å². The molecule has 1 aliphatic rings. The number of rotatable bonds is 9. The molecule has 0 amide bonds. The molecule has 1 heterocycles. The van der Waals surface area contributed by atoms with Crippen molar-refractivity contribution < 1.29 is 4.74 Å². The molecule has 6 nitrogen and oxygen atoms in total. The third-order valence-electron chi connectivity index (χ3n) is 5.97. The van der Waals surface area contributed by atoms with Gasteiger partial charge in [0.05, 0.1) is 5.69 Å². The smallest absolute Gasteiger partial charge is 0.191 e. The lowest BCUT2D eigenvalue weighted by Crippen LogP contribution is -2.43. The third kappa shape index (κ3) is 6.90. The van der Waals surface area contributed by atoms with Gasteiger partial charge >= 0.3 is 0 Å². The summed E-state index contributed by atoms with van der Waals surface area (Å²) < 4.78 is 7.32. The number of aliphatic imine (C=N–C) groups is 1. The van der Waals surface area contributed by atoms with Gasteiger partial charge in [0.1, 0.15) is 0 Å². The van der Waals surface area contributed by atoms with E-state index in [2.05, 4.69) is 43.4 Å². The van der Waals surface area contributed by atoms with E-state index in [4.69, 9.17) is 9.73 Å². The van der Waals surface area contributed by atoms with Crippen LogP contribution in [-0.4, -0.2) is 48.6 Å². The molecule has 1 atom stereocenters. The molecule has 1 fully saturated rings. The number of methoxy groups -OCH3 is 1. The molecule has 7 heteroatoms. The van der Waals surface area contributed by atoms with Gasteiger partial charge in [-0.2, -0.15) is 5.10 Å². The Bertz CT molecular complexity index is 623. The molecule has 1 unspecified atom stereocenters. The number of halogens is 1. The molecule has 0 radical (unpaired) electrons. The van der Waals surface area contributed by atoms with Crippen LogP contribution in [0, 0.1) is 19.3 Å². The van der Waals surface area contributed by atoms with Crippen LogP contribution in [0.4, 0.5) is 0 Å². The number of aromatic nitrogens is 2. The third-order valence-corrected chi connectivity index (χ3v) is 5.97. The monoisotopic (exact) mass is 505 g/mol. The van der Waals surface area contributed by atoms with Crippen LogP contribution >= 0.6 is 24.0 Å². The van der Waals surface area contributed by atoms with E-state index in [1.54, 1.807) is 7.11 Å². The second-order valence-electron chi connectivity index (χ2n) is 8.17. The normalized spacial score (nSPS) is 17.3. The first kappa shape index (κ1) is 25.2. The summed E-state index contributed by atoms with van der Waals surface area (Å²) in [5.41, 5.74) is 4.02. The maximum Gasteiger partial charge on any atom is 0.191 e. The molecular weight excluding hydrogens is 465 g/mol. The summed E-state index contributed by atoms with van der Waals surface area (Å²) in [5.74, 6) is 0.924. The summed E-state index contributed by atoms with van der Waals surface area (Å²) in [5, 5.41) is 11.6. The minimum Gasteiger partial charge on any atom is -0.385 e. The fraction of sp³-hybridized carbons (Fsp3) is 0.810. The van der Waals surface area contributed by atoms with Crippen LogP contribution in [0.15, 0.2) is 4.99 Å². The molecule has 0 bridgehead atoms. The topological polar surface area (TPSA) is 63.5 Å². The van der Waals surface area contributed by atoms with E-state index in [-0.39, 0.29) is 24.0 Å². The molecule has 1 saturated carbocycles. The lowest BCUT2D eigenvalue weighted by Gasteiger charge is -2.27. The molecule has 2 N–H and O–H groups in total. The SMILES string of the molecule is CCNC(=NCC1(CCOC)CCCC1)NC(C)Cc1c(C)nn(C)c1C.I. The summed E-state index contributed by atoms with van der Waals surface area (Å²) in [7, 11) is 3.80. The molecular formula is C21H40IN5O. The number of hydrogen-bond donors (Lipinski definition) is 2. The van der Waals surface area contributed by atoms with Gasteiger partial charge in [-0.05, 0) is 64.4 Å². The van der Waals surface area contributed by atoms with E-state index in [1.165, 1.54) is 36.9 Å². The van der Waals surface area contributed by atoms with Crippen molar-refractivity contribution in [1.29, 1.82) is 0 Å². The van der Waals surface area contributed by atoms with E-state index < -0.39 is 0 Å². The number of guanidine groups is 1. The predicted molar refractivity (Wildman–Crippen MR) is 128 cm³/mol. The summed E-state index contributed by atoms with van der Waals surface area (Å²) in [6.07, 6.45) is 7.23. The molecule has 1 aliphatic carbocycles. The van der Waals surface area contributed by atoms with Crippen LogP contribution in [0.5, 0.6) is 0 Å². The number of nitrogens with one attached hydrogen (secondary N) is 2. The van der Waals surface area contributed by atoms with Gasteiger partial charge in [0.2, 0.25) is 0 Å². The molecule has 0 spiro atoms. The minimum atomic E-state index is 0. The van der Waals surface area contributed by atoms with Crippen LogP contribution in [0.1, 0.15) is 62.9 Å². The highest BCUT2D eigenvalue weighted by atomic mass is 127. The maximum absolute atomic E-state index is 5.35. The Morgan fingerprint density at radius 3 is 2.54 bits per heavy atom. The predicted octanol–water partition coefficient (Wildman–Crippen LogP) is 3.74. The van der Waals surface area contributed by atoms with Crippen molar-refractivity contribution in [3.8, 4) is 0 Å². The Labute approximate surface area is 188 Å². The van der Waals surface area contributed by atoms with Gasteiger partial charge < -0.3 is 15.4 Å². The summed E-state index contributed by atoms with van der Waals surface area (Å²) in [6.45, 7) is 11.1. The van der Waals surface area contributed by atoms with Crippen molar-refractivity contribution in [3.05, 3.63) is 17.0 Å². The van der Waals surface area contributed by atoms with Crippen LogP contribution in [-0.2, 0) is 18.2 Å². The van der Waals surface area contributed by atoms with Gasteiger partial charge in [0, 0.05) is 45.6 Å². The van der Waals surface area contributed by atoms with Crippen LogP contribution in [0.25, 0.3) is 0 Å². The Balaban J connectivity index is 0.00000392. The zero-order valence-electron chi connectivity index (χ0n) is 18.6. The van der Waals surface area contributed by atoms with Gasteiger partial charge in [0.25, 0.3) is 0 Å². The molecule has 1 aromatic heterocycles. The average molecular weight is 505 g/mol. The second kappa shape index (κ2) is 12.0. The standard InChI is InChI=1S/C21H39N5O.HI/c1-7-22-20(23-15-21(12-13-27-6)10-8-9-11-21)24-16(2)14-19-17(3)25-26(5)18(19)4;/h16H,7-15H2,1-6H3,(H2,22,23,24);1H. The lowest BCUT2D eigenvalue weighted by molar-refractivity contribution is 0.141. The highest BCUT2D eigenvalue weighted by Crippen LogP contribution is 2.41. The Hall–Kier alpha value is -0.830. The first-order chi connectivity index (χ1) is 12.9. The fourth-order valence-corrected chi connectivity index (χ4v) is 4.20. The Morgan fingerprint density at radius 2 is 2.00 bits per heavy atom. The molecule has 28 heavy (non-hydrogen) atoms. The Kier molecular flexibility index (Phi) is 10.8. The number of hydrogen-bond acceptors (Lipinski definition) is 3. The van der Waals surface area contributed by atoms with Crippen LogP contribution in [0.2, 0.25) is 0 Å². The number of ether oxygens (including phenoxy) is 1. The minimum absolute atomic E-state index is 0. The summed E-state index contributed by atoms with van der Waals surface area (Å²) in [6, 6.07) is 0.294. The molecule has 2 rings (SSSR count). The molecule has 1 aromatic rings. The highest BCUT2D eigenvalue weighted by Gasteiger charge is 2.33. The fourth-order valence-electron chi connectivity index (χ4n) is 4.20. The maximum atomic E-state index is 5.35.